The summed E-state index contributed by atoms with van der Waals surface area (Å²) in [6.45, 7) is 2.50. The van der Waals surface area contributed by atoms with E-state index < -0.39 is 11.9 Å². The molecule has 3 aromatic carbocycles. The quantitative estimate of drug-likeness (QED) is 0.138. The van der Waals surface area contributed by atoms with Crippen LogP contribution < -0.4 is 50.2 Å². The van der Waals surface area contributed by atoms with Gasteiger partial charge in [0.25, 0.3) is 0 Å². The average molecular weight is 597 g/mol. The minimum atomic E-state index is -0.583. The Morgan fingerprint density at radius 2 is 1.63 bits per heavy atom. The van der Waals surface area contributed by atoms with Crippen LogP contribution in [0.2, 0.25) is 0 Å². The maximum atomic E-state index is 13.2. The van der Waals surface area contributed by atoms with Crippen LogP contribution in [0.4, 0.5) is 16.2 Å². The van der Waals surface area contributed by atoms with Crippen molar-refractivity contribution in [2.75, 3.05) is 44.5 Å². The van der Waals surface area contributed by atoms with Gasteiger partial charge in [-0.3, -0.25) is 15.9 Å². The largest absolute Gasteiger partial charge is 1.00 e. The summed E-state index contributed by atoms with van der Waals surface area (Å²) in [5.74, 6) is 0.0291. The van der Waals surface area contributed by atoms with Crippen LogP contribution in [-0.4, -0.2) is 62.9 Å². The molecule has 3 aromatic rings. The second kappa shape index (κ2) is 18.8. The van der Waals surface area contributed by atoms with E-state index in [1.54, 1.807) is 62.8 Å². The molecular formula is C32H37N4NaO6. The van der Waals surface area contributed by atoms with Crippen molar-refractivity contribution in [2.45, 2.75) is 32.2 Å². The maximum Gasteiger partial charge on any atom is 1.00 e. The first kappa shape index (κ1) is 35.5. The number of hydrogen-bond donors (Lipinski definition) is 3. The third kappa shape index (κ3) is 11.8. The summed E-state index contributed by atoms with van der Waals surface area (Å²) in [6.07, 6.45) is 2.45. The normalized spacial score (nSPS) is 11.0. The summed E-state index contributed by atoms with van der Waals surface area (Å²) in [5, 5.41) is 8.44. The fraction of sp³-hybridized carbons (Fsp3) is 0.312. The van der Waals surface area contributed by atoms with Crippen molar-refractivity contribution in [2.24, 2.45) is 0 Å². The third-order valence-electron chi connectivity index (χ3n) is 6.56. The van der Waals surface area contributed by atoms with E-state index in [2.05, 4.69) is 16.0 Å². The Morgan fingerprint density at radius 3 is 2.26 bits per heavy atom. The predicted octanol–water partition coefficient (Wildman–Crippen LogP) is 1.42. The van der Waals surface area contributed by atoms with E-state index in [-0.39, 0.29) is 60.9 Å². The van der Waals surface area contributed by atoms with E-state index in [1.165, 1.54) is 4.90 Å². The van der Waals surface area contributed by atoms with Crippen molar-refractivity contribution in [3.8, 4) is 5.75 Å². The molecule has 0 saturated carbocycles. The van der Waals surface area contributed by atoms with Gasteiger partial charge >= 0.3 is 35.6 Å². The van der Waals surface area contributed by atoms with Crippen LogP contribution >= 0.6 is 0 Å². The molecule has 3 N–H and O–H groups in total. The molecule has 0 aliphatic rings. The number of nitrogens with one attached hydrogen (secondary N) is 3. The van der Waals surface area contributed by atoms with Crippen molar-refractivity contribution >= 4 is 35.5 Å². The van der Waals surface area contributed by atoms with Gasteiger partial charge in [0.15, 0.2) is 0 Å². The van der Waals surface area contributed by atoms with Gasteiger partial charge in [0, 0.05) is 37.7 Å². The number of carbonyl (C=O) groups is 3. The maximum absolute atomic E-state index is 13.2. The molecule has 3 rings (SSSR count). The Kier molecular flexibility index (Phi) is 15.5. The van der Waals surface area contributed by atoms with Gasteiger partial charge in [0.1, 0.15) is 5.75 Å². The fourth-order valence-electron chi connectivity index (χ4n) is 4.27. The Bertz CT molecular complexity index is 1330. The Balaban J connectivity index is 0.00000645. The number of benzene rings is 3. The third-order valence-corrected chi connectivity index (χ3v) is 6.56. The molecule has 1 atom stereocenters. The van der Waals surface area contributed by atoms with Crippen LogP contribution in [0.1, 0.15) is 35.6 Å². The number of rotatable bonds is 15. The van der Waals surface area contributed by atoms with E-state index in [0.717, 1.165) is 22.4 Å². The molecule has 0 aliphatic carbocycles. The molecule has 222 valence electrons. The van der Waals surface area contributed by atoms with E-state index in [4.69, 9.17) is 9.47 Å². The number of hydrogen-bond acceptors (Lipinski definition) is 6. The molecule has 0 spiro atoms. The first-order chi connectivity index (χ1) is 20.3. The van der Waals surface area contributed by atoms with Crippen LogP contribution in [0.25, 0.3) is 0 Å². The van der Waals surface area contributed by atoms with Crippen LogP contribution in [0.3, 0.4) is 0 Å². The number of nitrogens with zero attached hydrogens (tertiary/aromatic N) is 1. The van der Waals surface area contributed by atoms with E-state index in [1.807, 2.05) is 37.5 Å². The number of para-hydroxylation sites is 1. The summed E-state index contributed by atoms with van der Waals surface area (Å²) in [5.41, 5.74) is 3.70. The molecule has 0 bridgehead atoms. The number of ether oxygens (including phenoxy) is 2. The summed E-state index contributed by atoms with van der Waals surface area (Å²) in [6, 6.07) is 20.5. The van der Waals surface area contributed by atoms with Gasteiger partial charge in [-0.1, -0.05) is 42.5 Å². The second-order valence-electron chi connectivity index (χ2n) is 9.67. The van der Waals surface area contributed by atoms with Gasteiger partial charge < -0.3 is 35.1 Å². The summed E-state index contributed by atoms with van der Waals surface area (Å²) in [4.78, 5) is 51.3. The monoisotopic (exact) mass is 596 g/mol. The molecule has 0 fully saturated rings. The zero-order chi connectivity index (χ0) is 30.3. The van der Waals surface area contributed by atoms with Crippen LogP contribution in [0.5, 0.6) is 5.75 Å². The predicted molar refractivity (Wildman–Crippen MR) is 161 cm³/mol. The number of carbonyl (C=O) groups excluding carboxylic acids is 4. The summed E-state index contributed by atoms with van der Waals surface area (Å²) >= 11 is 0. The molecular weight excluding hydrogens is 559 g/mol. The SMILES string of the molecule is COCCCN(CC(=O)N[C@@H](C[C-]=O)c1ccc(OC)cc1)C(=O)Cc1ccc(NC(=O)Nc2ccccc2C)cc1.[Na+]. The Labute approximate surface area is 274 Å². The second-order valence-corrected chi connectivity index (χ2v) is 9.67. The molecule has 4 amide bonds. The molecule has 0 aliphatic heterocycles. The van der Waals surface area contributed by atoms with E-state index >= 15 is 0 Å². The van der Waals surface area contributed by atoms with Crippen LogP contribution in [-0.2, 0) is 25.5 Å². The van der Waals surface area contributed by atoms with Crippen molar-refractivity contribution < 1.29 is 58.2 Å². The molecule has 0 heterocycles. The molecule has 0 unspecified atom stereocenters. The standard InChI is InChI=1S/C32H37N4O6.Na/c1-23-7-4-5-8-28(23)35-32(40)33-26-13-9-24(10-14-26)21-31(39)36(18-6-20-41-2)22-30(38)34-29(17-19-37)25-11-15-27(42-3)16-12-25;/h4-5,7-16,29H,6,17-18,20-22H2,1-3H3,(H,34,38)(H2,33,35,40);/q-1;+1/t29-;/m0./s1. The number of amides is 4. The van der Waals surface area contributed by atoms with Crippen molar-refractivity contribution in [1.82, 2.24) is 10.2 Å². The fourth-order valence-corrected chi connectivity index (χ4v) is 4.27. The van der Waals surface area contributed by atoms with Crippen LogP contribution in [0, 0.1) is 6.92 Å². The topological polar surface area (TPSA) is 126 Å². The van der Waals surface area contributed by atoms with Crippen molar-refractivity contribution in [3.63, 3.8) is 0 Å². The first-order valence-electron chi connectivity index (χ1n) is 13.6. The average Bonchev–Trinajstić information content (AvgIpc) is 2.98. The van der Waals surface area contributed by atoms with Gasteiger partial charge in [-0.05, 0) is 60.4 Å². The number of anilines is 2. The van der Waals surface area contributed by atoms with Gasteiger partial charge in [-0.2, -0.15) is 0 Å². The van der Waals surface area contributed by atoms with Gasteiger partial charge in [0.05, 0.1) is 20.1 Å². The first-order valence-corrected chi connectivity index (χ1v) is 13.6. The van der Waals surface area contributed by atoms with Gasteiger partial charge in [-0.25, -0.2) is 4.79 Å². The zero-order valence-corrected chi connectivity index (χ0v) is 27.1. The van der Waals surface area contributed by atoms with Gasteiger partial charge in [0.2, 0.25) is 11.8 Å². The smallest absolute Gasteiger partial charge is 0.542 e. The molecule has 0 saturated heterocycles. The van der Waals surface area contributed by atoms with E-state index in [9.17, 15) is 19.2 Å². The Hall–Kier alpha value is -3.70. The molecule has 11 heteroatoms. The minimum Gasteiger partial charge on any atom is -0.542 e. The molecule has 43 heavy (non-hydrogen) atoms. The summed E-state index contributed by atoms with van der Waals surface area (Å²) in [7, 11) is 3.13. The molecule has 10 nitrogen and oxygen atoms in total. The number of aryl methyl sites for hydroxylation is 1. The Morgan fingerprint density at radius 1 is 0.930 bits per heavy atom. The van der Waals surface area contributed by atoms with Gasteiger partial charge in [-0.15, -0.1) is 6.42 Å². The number of methoxy groups -OCH3 is 2. The molecule has 0 radical (unpaired) electrons. The summed E-state index contributed by atoms with van der Waals surface area (Å²) < 4.78 is 10.3. The zero-order valence-electron chi connectivity index (χ0n) is 25.1. The van der Waals surface area contributed by atoms with Crippen LogP contribution in [0.15, 0.2) is 72.8 Å². The minimum absolute atomic E-state index is 0. The molecule has 0 aromatic heterocycles. The van der Waals surface area contributed by atoms with Crippen molar-refractivity contribution in [3.05, 3.63) is 89.5 Å². The number of urea groups is 1. The van der Waals surface area contributed by atoms with E-state index in [0.29, 0.717) is 31.0 Å². The van der Waals surface area contributed by atoms with Crippen molar-refractivity contribution in [1.29, 1.82) is 0 Å².